The van der Waals surface area contributed by atoms with E-state index in [1.165, 1.54) is 12.2 Å². The van der Waals surface area contributed by atoms with Gasteiger partial charge in [0.15, 0.2) is 0 Å². The largest absolute Gasteiger partial charge is 0.480 e. The number of thioether (sulfide) groups is 1. The van der Waals surface area contributed by atoms with E-state index in [0.717, 1.165) is 37.1 Å². The fourth-order valence-corrected chi connectivity index (χ4v) is 8.34. The third-order valence-electron chi connectivity index (χ3n) is 7.99. The number of carboxylic acid groups (broad SMARTS) is 1. The number of likely N-dealkylation sites (tertiary alicyclic amines) is 1. The fraction of sp³-hybridized carbons (Fsp3) is 0.464. The van der Waals surface area contributed by atoms with Gasteiger partial charge in [-0.05, 0) is 61.8 Å². The molecule has 0 radical (unpaired) electrons. The number of aliphatic carboxylic acids is 1. The van der Waals surface area contributed by atoms with E-state index < -0.39 is 45.0 Å². The second-order valence-corrected chi connectivity index (χ2v) is 13.7. The summed E-state index contributed by atoms with van der Waals surface area (Å²) < 4.78 is 73.8. The fourth-order valence-electron chi connectivity index (χ4n) is 5.54. The molecule has 2 unspecified atom stereocenters. The topological polar surface area (TPSA) is 135 Å². The van der Waals surface area contributed by atoms with Crippen LogP contribution in [0, 0.1) is 0 Å². The van der Waals surface area contributed by atoms with Crippen LogP contribution in [0.2, 0.25) is 0 Å². The molecule has 1 amide bonds. The number of alkyl halides is 3. The summed E-state index contributed by atoms with van der Waals surface area (Å²) in [5, 5.41) is 14.0. The van der Waals surface area contributed by atoms with Gasteiger partial charge in [-0.2, -0.15) is 17.9 Å². The number of hydrogen-bond donors (Lipinski definition) is 2. The predicted octanol–water partition coefficient (Wildman–Crippen LogP) is 4.82. The quantitative estimate of drug-likeness (QED) is 0.413. The molecule has 15 heteroatoms. The molecule has 3 aliphatic heterocycles. The van der Waals surface area contributed by atoms with Crippen molar-refractivity contribution < 1.29 is 45.9 Å². The van der Waals surface area contributed by atoms with Crippen molar-refractivity contribution in [2.45, 2.75) is 55.7 Å². The van der Waals surface area contributed by atoms with E-state index in [4.69, 9.17) is 4.74 Å². The summed E-state index contributed by atoms with van der Waals surface area (Å²) in [5.41, 5.74) is -2.08. The zero-order chi connectivity index (χ0) is 30.9. The Kier molecular flexibility index (Phi) is 8.69. The van der Waals surface area contributed by atoms with Gasteiger partial charge in [0.1, 0.15) is 16.4 Å². The van der Waals surface area contributed by atoms with Gasteiger partial charge in [-0.25, -0.2) is 13.2 Å². The molecule has 2 atom stereocenters. The number of amides is 1. The Morgan fingerprint density at radius 3 is 2.49 bits per heavy atom. The highest BCUT2D eigenvalue weighted by atomic mass is 32.3. The number of benzene rings is 1. The standard InChI is InChI=1S/C28H30F3N3O7S2/c29-28(30,31)22-11-7-10-21(32-41-22)19-12-13-23(42-16-19)43(38,39)33-27(24(35)36)17-26(27,20-8-3-1-4-9-20)18-40-25(37)34-14-5-2-6-15-34/h1,3-4,8-9,11-13,33H,2,5-7,10,14-18H2,(H,35,36). The number of allylic oxidation sites excluding steroid dienone is 4. The molecule has 2 N–H and O–H groups in total. The summed E-state index contributed by atoms with van der Waals surface area (Å²) in [5.74, 6) is -2.56. The van der Waals surface area contributed by atoms with Gasteiger partial charge >= 0.3 is 18.2 Å². The van der Waals surface area contributed by atoms with Crippen LogP contribution in [0.3, 0.4) is 0 Å². The zero-order valence-corrected chi connectivity index (χ0v) is 24.6. The lowest BCUT2D eigenvalue weighted by Crippen LogP contribution is -2.50. The van der Waals surface area contributed by atoms with E-state index in [-0.39, 0.29) is 41.6 Å². The molecule has 5 rings (SSSR count). The number of carboxylic acids is 1. The van der Waals surface area contributed by atoms with E-state index >= 15 is 0 Å². The molecule has 1 saturated carbocycles. The summed E-state index contributed by atoms with van der Waals surface area (Å²) in [6.45, 7) is 0.728. The number of rotatable bonds is 8. The van der Waals surface area contributed by atoms with Crippen LogP contribution >= 0.6 is 11.8 Å². The number of carbonyl (C=O) groups excluding carboxylic acids is 1. The molecule has 3 heterocycles. The third kappa shape index (κ3) is 6.34. The molecule has 0 bridgehead atoms. The average Bonchev–Trinajstić information content (AvgIpc) is 3.72. The van der Waals surface area contributed by atoms with Crippen LogP contribution in [-0.2, 0) is 29.8 Å². The van der Waals surface area contributed by atoms with Crippen LogP contribution in [0.4, 0.5) is 18.0 Å². The number of carbonyl (C=O) groups is 2. The normalized spacial score (nSPS) is 26.2. The summed E-state index contributed by atoms with van der Waals surface area (Å²) in [6.07, 6.45) is 1.09. The molecular weight excluding hydrogens is 611 g/mol. The SMILES string of the molecule is O=C(OCC1(c2ccccc2)CC1(NS(=O)(=O)C1=CC=C(C2=NOC(C(F)(F)F)=CCC2)CS1)C(=O)O)N1CCCCC1. The smallest absolute Gasteiger partial charge is 0.451 e. The van der Waals surface area contributed by atoms with Gasteiger partial charge in [-0.15, -0.1) is 11.8 Å². The highest BCUT2D eigenvalue weighted by Gasteiger charge is 2.75. The van der Waals surface area contributed by atoms with Gasteiger partial charge in [0.2, 0.25) is 15.8 Å². The van der Waals surface area contributed by atoms with E-state index in [2.05, 4.69) is 14.7 Å². The number of hydrogen-bond acceptors (Lipinski definition) is 8. The maximum atomic E-state index is 13.5. The van der Waals surface area contributed by atoms with Gasteiger partial charge in [-0.1, -0.05) is 41.6 Å². The first-order chi connectivity index (χ1) is 20.4. The molecule has 0 aromatic heterocycles. The van der Waals surface area contributed by atoms with Crippen molar-refractivity contribution >= 4 is 39.6 Å². The lowest BCUT2D eigenvalue weighted by molar-refractivity contribution is -0.141. The molecule has 2 fully saturated rings. The van der Waals surface area contributed by atoms with Crippen molar-refractivity contribution in [1.82, 2.24) is 9.62 Å². The Labute approximate surface area is 250 Å². The molecule has 1 aliphatic carbocycles. The number of nitrogens with zero attached hydrogens (tertiary/aromatic N) is 2. The maximum absolute atomic E-state index is 13.5. The van der Waals surface area contributed by atoms with Crippen LogP contribution in [0.15, 0.2) is 69.3 Å². The molecule has 10 nitrogen and oxygen atoms in total. The zero-order valence-electron chi connectivity index (χ0n) is 22.9. The monoisotopic (exact) mass is 641 g/mol. The minimum absolute atomic E-state index is 0.0388. The van der Waals surface area contributed by atoms with E-state index in [0.29, 0.717) is 24.2 Å². The van der Waals surface area contributed by atoms with Crippen molar-refractivity contribution in [1.29, 1.82) is 0 Å². The van der Waals surface area contributed by atoms with Crippen LogP contribution in [0.5, 0.6) is 0 Å². The summed E-state index contributed by atoms with van der Waals surface area (Å²) in [4.78, 5) is 31.7. The minimum atomic E-state index is -4.68. The average molecular weight is 642 g/mol. The van der Waals surface area contributed by atoms with Crippen LogP contribution in [-0.4, -0.2) is 73.4 Å². The van der Waals surface area contributed by atoms with Crippen molar-refractivity contribution in [2.75, 3.05) is 25.4 Å². The molecular formula is C28H30F3N3O7S2. The Bertz CT molecular complexity index is 1500. The summed E-state index contributed by atoms with van der Waals surface area (Å²) >= 11 is 0.880. The van der Waals surface area contributed by atoms with E-state index in [1.807, 2.05) is 0 Å². The second-order valence-electron chi connectivity index (χ2n) is 10.7. The number of sulfonamides is 1. The Balaban J connectivity index is 1.36. The number of piperidine rings is 1. The predicted molar refractivity (Wildman–Crippen MR) is 152 cm³/mol. The van der Waals surface area contributed by atoms with Crippen molar-refractivity contribution in [3.63, 3.8) is 0 Å². The summed E-state index contributed by atoms with van der Waals surface area (Å²) in [7, 11) is -4.38. The molecule has 1 aromatic rings. The molecule has 0 spiro atoms. The lowest BCUT2D eigenvalue weighted by Gasteiger charge is -2.29. The van der Waals surface area contributed by atoms with Gasteiger partial charge < -0.3 is 19.6 Å². The van der Waals surface area contributed by atoms with E-state index in [9.17, 15) is 36.3 Å². The molecule has 232 valence electrons. The highest BCUT2D eigenvalue weighted by Crippen LogP contribution is 2.59. The number of nitrogens with one attached hydrogen (secondary N) is 1. The van der Waals surface area contributed by atoms with Crippen molar-refractivity contribution in [3.05, 3.63) is 69.7 Å². The van der Waals surface area contributed by atoms with Gasteiger partial charge in [0.05, 0.1) is 11.1 Å². The Hall–Kier alpha value is -3.30. The molecule has 1 saturated heterocycles. The van der Waals surface area contributed by atoms with Crippen molar-refractivity contribution in [2.24, 2.45) is 5.16 Å². The Morgan fingerprint density at radius 2 is 1.86 bits per heavy atom. The first kappa shape index (κ1) is 31.1. The molecule has 43 heavy (non-hydrogen) atoms. The van der Waals surface area contributed by atoms with Crippen molar-refractivity contribution in [3.8, 4) is 0 Å². The lowest BCUT2D eigenvalue weighted by atomic mass is 9.91. The molecule has 1 aromatic carbocycles. The van der Waals surface area contributed by atoms with Gasteiger partial charge in [0, 0.05) is 18.8 Å². The Morgan fingerprint density at radius 1 is 1.14 bits per heavy atom. The van der Waals surface area contributed by atoms with Crippen LogP contribution < -0.4 is 4.72 Å². The molecule has 4 aliphatic rings. The number of oxime groups is 1. The maximum Gasteiger partial charge on any atom is 0.451 e. The second kappa shape index (κ2) is 12.0. The third-order valence-corrected chi connectivity index (χ3v) is 11.2. The minimum Gasteiger partial charge on any atom is -0.480 e. The van der Waals surface area contributed by atoms with Crippen LogP contribution in [0.1, 0.15) is 44.1 Å². The number of ether oxygens (including phenoxy) is 1. The van der Waals surface area contributed by atoms with E-state index in [1.54, 1.807) is 35.2 Å². The summed E-state index contributed by atoms with van der Waals surface area (Å²) in [6, 6.07) is 8.48. The highest BCUT2D eigenvalue weighted by molar-refractivity contribution is 8.18. The first-order valence-electron chi connectivity index (χ1n) is 13.7. The van der Waals surface area contributed by atoms with Crippen LogP contribution in [0.25, 0.3) is 0 Å². The van der Waals surface area contributed by atoms with Gasteiger partial charge in [-0.3, -0.25) is 4.79 Å². The van der Waals surface area contributed by atoms with Gasteiger partial charge in [0.25, 0.3) is 0 Å². The first-order valence-corrected chi connectivity index (χ1v) is 16.1. The number of halogens is 3.